The van der Waals surface area contributed by atoms with Crippen LogP contribution < -0.4 is 10.1 Å². The van der Waals surface area contributed by atoms with Crippen molar-refractivity contribution in [1.29, 1.82) is 0 Å². The van der Waals surface area contributed by atoms with Crippen molar-refractivity contribution < 1.29 is 4.74 Å². The smallest absolute Gasteiger partial charge is 0.122 e. The Hall–Kier alpha value is -1.22. The van der Waals surface area contributed by atoms with Crippen LogP contribution in [-0.4, -0.2) is 13.7 Å². The number of para-hydroxylation sites is 1. The summed E-state index contributed by atoms with van der Waals surface area (Å²) in [5.74, 6) is 1.31. The minimum absolute atomic E-state index is 0.115. The lowest BCUT2D eigenvalue weighted by Crippen LogP contribution is -2.33. The first-order valence-corrected chi connectivity index (χ1v) is 7.78. The van der Waals surface area contributed by atoms with Gasteiger partial charge in [0.2, 0.25) is 0 Å². The van der Waals surface area contributed by atoms with Gasteiger partial charge in [0, 0.05) is 12.0 Å². The SMILES string of the molecule is CNC(c1cccc(Cl)c1Cl)C1COc2ccccc2C1. The predicted molar refractivity (Wildman–Crippen MR) is 87.4 cm³/mol. The number of hydrogen-bond acceptors (Lipinski definition) is 2. The third kappa shape index (κ3) is 2.89. The summed E-state index contributed by atoms with van der Waals surface area (Å²) in [6, 6.07) is 14.1. The Balaban J connectivity index is 1.90. The van der Waals surface area contributed by atoms with Crippen LogP contribution >= 0.6 is 23.2 Å². The van der Waals surface area contributed by atoms with Gasteiger partial charge in [0.15, 0.2) is 0 Å². The highest BCUT2D eigenvalue weighted by molar-refractivity contribution is 6.42. The van der Waals surface area contributed by atoms with Gasteiger partial charge >= 0.3 is 0 Å². The van der Waals surface area contributed by atoms with E-state index >= 15 is 0 Å². The van der Waals surface area contributed by atoms with Gasteiger partial charge in [0.05, 0.1) is 16.7 Å². The van der Waals surface area contributed by atoms with E-state index in [2.05, 4.69) is 11.4 Å². The van der Waals surface area contributed by atoms with Gasteiger partial charge in [0.25, 0.3) is 0 Å². The van der Waals surface area contributed by atoms with E-state index in [1.54, 1.807) is 0 Å². The van der Waals surface area contributed by atoms with Gasteiger partial charge in [-0.05, 0) is 36.7 Å². The van der Waals surface area contributed by atoms with E-state index in [0.29, 0.717) is 22.6 Å². The summed E-state index contributed by atoms with van der Waals surface area (Å²) in [5, 5.41) is 4.58. The first-order valence-electron chi connectivity index (χ1n) is 7.02. The van der Waals surface area contributed by atoms with Crippen LogP contribution in [0.3, 0.4) is 0 Å². The van der Waals surface area contributed by atoms with Gasteiger partial charge in [-0.25, -0.2) is 0 Å². The molecule has 1 N–H and O–H groups in total. The number of halogens is 2. The van der Waals surface area contributed by atoms with E-state index < -0.39 is 0 Å². The van der Waals surface area contributed by atoms with Crippen LogP contribution in [0.5, 0.6) is 5.75 Å². The van der Waals surface area contributed by atoms with Gasteiger partial charge in [0.1, 0.15) is 5.75 Å². The summed E-state index contributed by atoms with van der Waals surface area (Å²) in [5.41, 5.74) is 2.27. The molecule has 2 aromatic rings. The second kappa shape index (κ2) is 6.27. The molecule has 0 radical (unpaired) electrons. The highest BCUT2D eigenvalue weighted by atomic mass is 35.5. The Morgan fingerprint density at radius 2 is 1.95 bits per heavy atom. The number of rotatable bonds is 3. The summed E-state index contributed by atoms with van der Waals surface area (Å²) < 4.78 is 5.89. The quantitative estimate of drug-likeness (QED) is 0.898. The number of benzene rings is 2. The van der Waals surface area contributed by atoms with Crippen molar-refractivity contribution >= 4 is 23.2 Å². The Morgan fingerprint density at radius 3 is 2.76 bits per heavy atom. The first-order chi connectivity index (χ1) is 10.2. The summed E-state index contributed by atoms with van der Waals surface area (Å²) >= 11 is 12.5. The molecular weight excluding hydrogens is 305 g/mol. The van der Waals surface area contributed by atoms with Crippen LogP contribution in [-0.2, 0) is 6.42 Å². The Morgan fingerprint density at radius 1 is 1.14 bits per heavy atom. The van der Waals surface area contributed by atoms with Crippen LogP contribution in [0.15, 0.2) is 42.5 Å². The van der Waals surface area contributed by atoms with Crippen LogP contribution in [0.2, 0.25) is 10.0 Å². The monoisotopic (exact) mass is 321 g/mol. The fourth-order valence-corrected chi connectivity index (χ4v) is 3.40. The molecule has 21 heavy (non-hydrogen) atoms. The van der Waals surface area contributed by atoms with Crippen molar-refractivity contribution in [3.63, 3.8) is 0 Å². The second-order valence-electron chi connectivity index (χ2n) is 5.29. The van der Waals surface area contributed by atoms with E-state index in [1.807, 2.05) is 43.4 Å². The van der Waals surface area contributed by atoms with E-state index in [-0.39, 0.29) is 6.04 Å². The van der Waals surface area contributed by atoms with Crippen molar-refractivity contribution in [3.05, 3.63) is 63.6 Å². The summed E-state index contributed by atoms with van der Waals surface area (Å²) in [4.78, 5) is 0. The van der Waals surface area contributed by atoms with Gasteiger partial charge in [-0.1, -0.05) is 53.5 Å². The molecular formula is C17H17Cl2NO. The van der Waals surface area contributed by atoms with E-state index in [4.69, 9.17) is 27.9 Å². The van der Waals surface area contributed by atoms with Crippen molar-refractivity contribution in [1.82, 2.24) is 5.32 Å². The molecule has 1 aliphatic heterocycles. The molecule has 0 amide bonds. The Labute approximate surface area is 135 Å². The highest BCUT2D eigenvalue weighted by Gasteiger charge is 2.29. The second-order valence-corrected chi connectivity index (χ2v) is 6.08. The lowest BCUT2D eigenvalue weighted by Gasteiger charge is -2.32. The molecule has 3 rings (SSSR count). The molecule has 2 unspecified atom stereocenters. The van der Waals surface area contributed by atoms with Crippen molar-refractivity contribution in [3.8, 4) is 5.75 Å². The Bertz CT molecular complexity index is 644. The molecule has 4 heteroatoms. The van der Waals surface area contributed by atoms with Crippen LogP contribution in [0, 0.1) is 5.92 Å². The molecule has 0 aliphatic carbocycles. The van der Waals surface area contributed by atoms with E-state index in [1.165, 1.54) is 5.56 Å². The number of hydrogen-bond donors (Lipinski definition) is 1. The number of fused-ring (bicyclic) bond motifs is 1. The van der Waals surface area contributed by atoms with E-state index in [9.17, 15) is 0 Å². The maximum Gasteiger partial charge on any atom is 0.122 e. The standard InChI is InChI=1S/C17H17Cl2NO/c1-20-17(13-6-4-7-14(18)16(13)19)12-9-11-5-2-3-8-15(11)21-10-12/h2-8,12,17,20H,9-10H2,1H3. The summed E-state index contributed by atoms with van der Waals surface area (Å²) in [6.45, 7) is 0.672. The number of ether oxygens (including phenoxy) is 1. The molecule has 2 aromatic carbocycles. The van der Waals surface area contributed by atoms with Crippen molar-refractivity contribution in [2.45, 2.75) is 12.5 Å². The maximum atomic E-state index is 6.37. The fourth-order valence-electron chi connectivity index (χ4n) is 2.97. The van der Waals surface area contributed by atoms with Crippen LogP contribution in [0.25, 0.3) is 0 Å². The highest BCUT2D eigenvalue weighted by Crippen LogP contribution is 2.37. The zero-order chi connectivity index (χ0) is 14.8. The zero-order valence-corrected chi connectivity index (χ0v) is 13.3. The third-order valence-electron chi connectivity index (χ3n) is 4.01. The minimum Gasteiger partial charge on any atom is -0.493 e. The minimum atomic E-state index is 0.115. The molecule has 2 nitrogen and oxygen atoms in total. The lowest BCUT2D eigenvalue weighted by atomic mass is 9.86. The Kier molecular flexibility index (Phi) is 4.39. The molecule has 0 aromatic heterocycles. The average Bonchev–Trinajstić information content (AvgIpc) is 2.52. The topological polar surface area (TPSA) is 21.3 Å². The molecule has 0 saturated carbocycles. The predicted octanol–water partition coefficient (Wildman–Crippen LogP) is 4.51. The van der Waals surface area contributed by atoms with Crippen LogP contribution in [0.1, 0.15) is 17.2 Å². The number of nitrogens with one attached hydrogen (secondary N) is 1. The molecule has 0 spiro atoms. The fraction of sp³-hybridized carbons (Fsp3) is 0.294. The molecule has 0 saturated heterocycles. The summed E-state index contributed by atoms with van der Waals surface area (Å²) in [7, 11) is 1.95. The zero-order valence-electron chi connectivity index (χ0n) is 11.8. The van der Waals surface area contributed by atoms with Gasteiger partial charge < -0.3 is 10.1 Å². The van der Waals surface area contributed by atoms with E-state index in [0.717, 1.165) is 17.7 Å². The third-order valence-corrected chi connectivity index (χ3v) is 4.84. The summed E-state index contributed by atoms with van der Waals surface area (Å²) in [6.07, 6.45) is 0.963. The molecule has 2 atom stereocenters. The molecule has 1 heterocycles. The van der Waals surface area contributed by atoms with Crippen molar-refractivity contribution in [2.24, 2.45) is 5.92 Å². The largest absolute Gasteiger partial charge is 0.493 e. The van der Waals surface area contributed by atoms with Gasteiger partial charge in [-0.15, -0.1) is 0 Å². The van der Waals surface area contributed by atoms with Crippen molar-refractivity contribution in [2.75, 3.05) is 13.7 Å². The molecule has 1 aliphatic rings. The molecule has 0 fully saturated rings. The molecule has 110 valence electrons. The van der Waals surface area contributed by atoms with Gasteiger partial charge in [-0.3, -0.25) is 0 Å². The van der Waals surface area contributed by atoms with Crippen LogP contribution in [0.4, 0.5) is 0 Å². The first kappa shape index (κ1) is 14.7. The van der Waals surface area contributed by atoms with Gasteiger partial charge in [-0.2, -0.15) is 0 Å². The maximum absolute atomic E-state index is 6.37. The molecule has 0 bridgehead atoms. The average molecular weight is 322 g/mol. The normalized spacial score (nSPS) is 18.7. The lowest BCUT2D eigenvalue weighted by molar-refractivity contribution is 0.188.